The van der Waals surface area contributed by atoms with Crippen LogP contribution in [0.2, 0.25) is 0 Å². The molecule has 1 aromatic heterocycles. The lowest BCUT2D eigenvalue weighted by atomic mass is 10.1. The van der Waals surface area contributed by atoms with E-state index in [0.717, 1.165) is 5.69 Å². The highest BCUT2D eigenvalue weighted by molar-refractivity contribution is 5.92. The molecule has 134 valence electrons. The average molecular weight is 345 g/mol. The molecule has 0 saturated carbocycles. The second-order valence-electron chi connectivity index (χ2n) is 6.77. The third-order valence-electron chi connectivity index (χ3n) is 3.21. The zero-order valence-electron chi connectivity index (χ0n) is 15.1. The fourth-order valence-corrected chi connectivity index (χ4v) is 2.15. The van der Waals surface area contributed by atoms with Crippen LogP contribution in [0.15, 0.2) is 24.3 Å². The summed E-state index contributed by atoms with van der Waals surface area (Å²) in [6.45, 7) is 7.41. The number of nitrogens with zero attached hydrogens (tertiary/aromatic N) is 5. The molecule has 9 heteroatoms. The molecule has 9 nitrogen and oxygen atoms in total. The van der Waals surface area contributed by atoms with Crippen LogP contribution in [0.5, 0.6) is 0 Å². The Morgan fingerprint density at radius 3 is 2.60 bits per heavy atom. The van der Waals surface area contributed by atoms with E-state index in [-0.39, 0.29) is 24.0 Å². The number of likely N-dealkylation sites (N-methyl/N-ethyl adjacent to an activating group) is 1. The van der Waals surface area contributed by atoms with Crippen molar-refractivity contribution >= 4 is 17.6 Å². The van der Waals surface area contributed by atoms with Crippen molar-refractivity contribution in [2.24, 2.45) is 0 Å². The summed E-state index contributed by atoms with van der Waals surface area (Å²) in [5, 5.41) is 16.9. The number of aryl methyl sites for hydroxylation is 1. The maximum atomic E-state index is 12.3. The molecule has 25 heavy (non-hydrogen) atoms. The first-order chi connectivity index (χ1) is 11.7. The molecule has 0 spiro atoms. The van der Waals surface area contributed by atoms with Crippen LogP contribution in [-0.2, 0) is 4.79 Å². The van der Waals surface area contributed by atoms with Gasteiger partial charge in [0, 0.05) is 18.3 Å². The Morgan fingerprint density at radius 2 is 2.00 bits per heavy atom. The fraction of sp³-hybridized carbons (Fsp3) is 0.438. The van der Waals surface area contributed by atoms with Gasteiger partial charge in [0.1, 0.15) is 6.54 Å². The third kappa shape index (κ3) is 5.27. The van der Waals surface area contributed by atoms with E-state index in [0.29, 0.717) is 11.5 Å². The molecule has 0 bridgehead atoms. The van der Waals surface area contributed by atoms with Crippen LogP contribution >= 0.6 is 0 Å². The summed E-state index contributed by atoms with van der Waals surface area (Å²) in [6, 6.07) is 6.75. The molecule has 2 N–H and O–H groups in total. The van der Waals surface area contributed by atoms with Gasteiger partial charge in [0.2, 0.25) is 5.91 Å². The first-order valence-corrected chi connectivity index (χ1v) is 7.84. The van der Waals surface area contributed by atoms with Gasteiger partial charge in [-0.05, 0) is 56.3 Å². The van der Waals surface area contributed by atoms with Crippen molar-refractivity contribution in [1.29, 1.82) is 0 Å². The lowest BCUT2D eigenvalue weighted by molar-refractivity contribution is -0.122. The molecule has 2 aromatic rings. The summed E-state index contributed by atoms with van der Waals surface area (Å²) in [6.07, 6.45) is 0. The quantitative estimate of drug-likeness (QED) is 0.870. The Balaban J connectivity index is 2.01. The van der Waals surface area contributed by atoms with Crippen LogP contribution < -0.4 is 10.6 Å². The molecule has 0 saturated heterocycles. The summed E-state index contributed by atoms with van der Waals surface area (Å²) in [5.41, 5.74) is 0.973. The summed E-state index contributed by atoms with van der Waals surface area (Å²) >= 11 is 0. The normalized spacial score (nSPS) is 11.1. The molecule has 0 fully saturated rings. The maximum absolute atomic E-state index is 12.3. The summed E-state index contributed by atoms with van der Waals surface area (Å²) in [5.74, 6) is 0.419. The van der Waals surface area contributed by atoms with Gasteiger partial charge >= 0.3 is 6.03 Å². The Hall–Kier alpha value is -2.97. The van der Waals surface area contributed by atoms with Crippen molar-refractivity contribution < 1.29 is 9.59 Å². The fourth-order valence-electron chi connectivity index (χ4n) is 2.15. The number of hydrogen-bond acceptors (Lipinski definition) is 5. The van der Waals surface area contributed by atoms with Crippen LogP contribution in [0, 0.1) is 6.92 Å². The summed E-state index contributed by atoms with van der Waals surface area (Å²) in [7, 11) is 1.56. The maximum Gasteiger partial charge on any atom is 0.322 e. The van der Waals surface area contributed by atoms with E-state index in [1.54, 1.807) is 36.9 Å². The van der Waals surface area contributed by atoms with E-state index in [1.807, 2.05) is 26.8 Å². The summed E-state index contributed by atoms with van der Waals surface area (Å²) < 4.78 is 1.57. The molecule has 2 rings (SSSR count). The highest BCUT2D eigenvalue weighted by atomic mass is 16.2. The van der Waals surface area contributed by atoms with E-state index in [2.05, 4.69) is 26.2 Å². The number of hydrogen-bond donors (Lipinski definition) is 2. The molecule has 0 aliphatic rings. The first-order valence-electron chi connectivity index (χ1n) is 7.84. The van der Waals surface area contributed by atoms with E-state index < -0.39 is 0 Å². The van der Waals surface area contributed by atoms with Gasteiger partial charge in [-0.2, -0.15) is 4.68 Å². The second-order valence-corrected chi connectivity index (χ2v) is 6.77. The Kier molecular flexibility index (Phi) is 5.35. The number of tetrazole rings is 1. The second kappa shape index (κ2) is 7.29. The van der Waals surface area contributed by atoms with Crippen LogP contribution in [0.1, 0.15) is 26.6 Å². The van der Waals surface area contributed by atoms with Gasteiger partial charge in [0.25, 0.3) is 0 Å². The number of carbonyl (C=O) groups is 2. The molecule has 1 heterocycles. The summed E-state index contributed by atoms with van der Waals surface area (Å²) in [4.78, 5) is 25.5. The number of amides is 3. The minimum absolute atomic E-state index is 0.0328. The highest BCUT2D eigenvalue weighted by Crippen LogP contribution is 2.15. The average Bonchev–Trinajstić information content (AvgIpc) is 2.91. The van der Waals surface area contributed by atoms with Crippen LogP contribution in [0.25, 0.3) is 5.69 Å². The number of nitrogens with one attached hydrogen (secondary N) is 2. The Bertz CT molecular complexity index is 764. The van der Waals surface area contributed by atoms with Crippen LogP contribution in [0.4, 0.5) is 10.5 Å². The third-order valence-corrected chi connectivity index (χ3v) is 3.21. The number of rotatable bonds is 4. The number of anilines is 1. The van der Waals surface area contributed by atoms with Crippen LogP contribution in [0.3, 0.4) is 0 Å². The lowest BCUT2D eigenvalue weighted by Crippen LogP contribution is -2.47. The lowest BCUT2D eigenvalue weighted by Gasteiger charge is -2.23. The molecule has 0 radical (unpaired) electrons. The topological polar surface area (TPSA) is 105 Å². The van der Waals surface area contributed by atoms with E-state index in [9.17, 15) is 9.59 Å². The van der Waals surface area contributed by atoms with Crippen molar-refractivity contribution in [2.75, 3.05) is 18.9 Å². The SMILES string of the molecule is Cc1nnnn1-c1cccc(NC(=O)N(C)CC(=O)NC(C)(C)C)c1. The van der Waals surface area contributed by atoms with Crippen LogP contribution in [-0.4, -0.2) is 56.2 Å². The molecule has 0 aliphatic carbocycles. The monoisotopic (exact) mass is 345 g/mol. The van der Waals surface area contributed by atoms with Crippen molar-refractivity contribution in [2.45, 2.75) is 33.2 Å². The largest absolute Gasteiger partial charge is 0.350 e. The van der Waals surface area contributed by atoms with Gasteiger partial charge in [-0.25, -0.2) is 4.79 Å². The van der Waals surface area contributed by atoms with Crippen molar-refractivity contribution in [3.05, 3.63) is 30.1 Å². The number of urea groups is 1. The van der Waals surface area contributed by atoms with E-state index in [4.69, 9.17) is 0 Å². The first kappa shape index (κ1) is 18.4. The molecule has 0 aliphatic heterocycles. The number of benzene rings is 1. The van der Waals surface area contributed by atoms with Gasteiger partial charge in [-0.15, -0.1) is 5.10 Å². The van der Waals surface area contributed by atoms with Gasteiger partial charge in [-0.1, -0.05) is 6.07 Å². The predicted molar refractivity (Wildman–Crippen MR) is 93.4 cm³/mol. The van der Waals surface area contributed by atoms with Crippen molar-refractivity contribution in [1.82, 2.24) is 30.4 Å². The zero-order valence-corrected chi connectivity index (χ0v) is 15.1. The van der Waals surface area contributed by atoms with E-state index in [1.165, 1.54) is 4.90 Å². The van der Waals surface area contributed by atoms with Crippen molar-refractivity contribution in [3.8, 4) is 5.69 Å². The van der Waals surface area contributed by atoms with Gasteiger partial charge < -0.3 is 15.5 Å². The zero-order chi connectivity index (χ0) is 18.6. The standard InChI is InChI=1S/C16H23N7O2/c1-11-19-20-21-23(11)13-8-6-7-12(9-13)17-15(25)22(5)10-14(24)18-16(2,3)4/h6-9H,10H2,1-5H3,(H,17,25)(H,18,24). The molecular formula is C16H23N7O2. The minimum Gasteiger partial charge on any atom is -0.350 e. The smallest absolute Gasteiger partial charge is 0.322 e. The molecule has 0 atom stereocenters. The number of carbonyl (C=O) groups excluding carboxylic acids is 2. The van der Waals surface area contributed by atoms with Crippen molar-refractivity contribution in [3.63, 3.8) is 0 Å². The minimum atomic E-state index is -0.380. The Labute approximate surface area is 146 Å². The van der Waals surface area contributed by atoms with Gasteiger partial charge in [0.15, 0.2) is 5.82 Å². The van der Waals surface area contributed by atoms with Gasteiger partial charge in [0.05, 0.1) is 5.69 Å². The molecule has 3 amide bonds. The van der Waals surface area contributed by atoms with E-state index >= 15 is 0 Å². The number of aromatic nitrogens is 4. The molecule has 1 aromatic carbocycles. The highest BCUT2D eigenvalue weighted by Gasteiger charge is 2.18. The Morgan fingerprint density at radius 1 is 1.28 bits per heavy atom. The molecule has 0 unspecified atom stereocenters. The predicted octanol–water partition coefficient (Wildman–Crippen LogP) is 1.35. The molecular weight excluding hydrogens is 322 g/mol. The van der Waals surface area contributed by atoms with Gasteiger partial charge in [-0.3, -0.25) is 4.79 Å².